The van der Waals surface area contributed by atoms with E-state index in [0.717, 1.165) is 18.2 Å². The number of nitro groups is 1. The van der Waals surface area contributed by atoms with Crippen molar-refractivity contribution in [2.45, 2.75) is 6.92 Å². The lowest BCUT2D eigenvalue weighted by atomic mass is 10.3. The molecular weight excluding hydrogens is 299 g/mol. The van der Waals surface area contributed by atoms with Crippen molar-refractivity contribution >= 4 is 33.0 Å². The van der Waals surface area contributed by atoms with E-state index in [0.29, 0.717) is 0 Å². The molecule has 1 N–H and O–H groups in total. The van der Waals surface area contributed by atoms with Crippen molar-refractivity contribution < 1.29 is 17.7 Å². The molecule has 1 aromatic carbocycles. The number of nitrogens with one attached hydrogen (secondary N) is 1. The van der Waals surface area contributed by atoms with Crippen molar-refractivity contribution in [1.29, 1.82) is 0 Å². The molecule has 0 spiro atoms. The Balaban J connectivity index is 3.04. The lowest BCUT2D eigenvalue weighted by molar-refractivity contribution is -0.383. The minimum absolute atomic E-state index is 0.131. The van der Waals surface area contributed by atoms with E-state index in [-0.39, 0.29) is 17.6 Å². The van der Waals surface area contributed by atoms with Gasteiger partial charge < -0.3 is 0 Å². The molecule has 0 radical (unpaired) electrons. The largest absolute Gasteiger partial charge is 0.293 e. The molecule has 0 heterocycles. The molecule has 0 saturated heterocycles. The third-order valence-electron chi connectivity index (χ3n) is 2.19. The van der Waals surface area contributed by atoms with Crippen molar-refractivity contribution in [3.05, 3.63) is 34.1 Å². The SMILES string of the molecule is CC(CCl)CS(=O)(=O)Nc1cc(F)ccc1[N+](=O)[O-]. The van der Waals surface area contributed by atoms with Crippen molar-refractivity contribution in [2.24, 2.45) is 5.92 Å². The predicted octanol–water partition coefficient (Wildman–Crippen LogP) is 2.35. The van der Waals surface area contributed by atoms with Crippen molar-refractivity contribution in [2.75, 3.05) is 16.4 Å². The fraction of sp³-hybridized carbons (Fsp3) is 0.400. The fourth-order valence-electron chi connectivity index (χ4n) is 1.38. The Morgan fingerprint density at radius 1 is 1.53 bits per heavy atom. The topological polar surface area (TPSA) is 89.3 Å². The van der Waals surface area contributed by atoms with Crippen LogP contribution in [0.3, 0.4) is 0 Å². The van der Waals surface area contributed by atoms with Crippen LogP contribution in [0.5, 0.6) is 0 Å². The molecule has 0 aromatic heterocycles. The summed E-state index contributed by atoms with van der Waals surface area (Å²) >= 11 is 5.51. The van der Waals surface area contributed by atoms with Gasteiger partial charge in [0.1, 0.15) is 11.5 Å². The number of sulfonamides is 1. The van der Waals surface area contributed by atoms with Gasteiger partial charge in [0.25, 0.3) is 5.69 Å². The first-order chi connectivity index (χ1) is 8.75. The number of halogens is 2. The Morgan fingerprint density at radius 3 is 2.68 bits per heavy atom. The van der Waals surface area contributed by atoms with Gasteiger partial charge in [-0.3, -0.25) is 14.8 Å². The molecule has 106 valence electrons. The Kier molecular flexibility index (Phi) is 5.07. The second kappa shape index (κ2) is 6.16. The van der Waals surface area contributed by atoms with Crippen LogP contribution < -0.4 is 4.72 Å². The van der Waals surface area contributed by atoms with E-state index in [1.165, 1.54) is 0 Å². The van der Waals surface area contributed by atoms with Gasteiger partial charge in [-0.2, -0.15) is 0 Å². The third-order valence-corrected chi connectivity index (χ3v) is 4.25. The molecule has 0 saturated carbocycles. The maximum atomic E-state index is 13.0. The first kappa shape index (κ1) is 15.6. The van der Waals surface area contributed by atoms with Gasteiger partial charge in [0.05, 0.1) is 10.7 Å². The average molecular weight is 311 g/mol. The van der Waals surface area contributed by atoms with Crippen LogP contribution in [0.2, 0.25) is 0 Å². The molecule has 1 rings (SSSR count). The lowest BCUT2D eigenvalue weighted by Gasteiger charge is -2.11. The predicted molar refractivity (Wildman–Crippen MR) is 70.3 cm³/mol. The van der Waals surface area contributed by atoms with Crippen LogP contribution in [0.4, 0.5) is 15.8 Å². The number of benzene rings is 1. The van der Waals surface area contributed by atoms with Crippen LogP contribution in [0.15, 0.2) is 18.2 Å². The maximum Gasteiger partial charge on any atom is 0.293 e. The normalized spacial score (nSPS) is 13.0. The summed E-state index contributed by atoms with van der Waals surface area (Å²) < 4.78 is 38.5. The van der Waals surface area contributed by atoms with E-state index in [4.69, 9.17) is 11.6 Å². The molecule has 0 fully saturated rings. The van der Waals surface area contributed by atoms with Gasteiger partial charge in [-0.25, -0.2) is 12.8 Å². The molecule has 0 aliphatic carbocycles. The van der Waals surface area contributed by atoms with Crippen LogP contribution in [-0.2, 0) is 10.0 Å². The number of nitro benzene ring substituents is 1. The monoisotopic (exact) mass is 310 g/mol. The number of hydrogen-bond acceptors (Lipinski definition) is 4. The molecule has 9 heteroatoms. The van der Waals surface area contributed by atoms with Crippen molar-refractivity contribution in [3.63, 3.8) is 0 Å². The molecule has 1 aromatic rings. The zero-order chi connectivity index (χ0) is 14.6. The van der Waals surface area contributed by atoms with E-state index in [9.17, 15) is 22.9 Å². The number of hydrogen-bond donors (Lipinski definition) is 1. The second-order valence-electron chi connectivity index (χ2n) is 4.06. The zero-order valence-corrected chi connectivity index (χ0v) is 11.5. The molecule has 19 heavy (non-hydrogen) atoms. The van der Waals surface area contributed by atoms with Crippen molar-refractivity contribution in [3.8, 4) is 0 Å². The van der Waals surface area contributed by atoms with Gasteiger partial charge in [-0.1, -0.05) is 6.92 Å². The summed E-state index contributed by atoms with van der Waals surface area (Å²) in [7, 11) is -3.82. The number of alkyl halides is 1. The Hall–Kier alpha value is -1.41. The first-order valence-electron chi connectivity index (χ1n) is 5.25. The van der Waals surface area contributed by atoms with Gasteiger partial charge in [0.2, 0.25) is 10.0 Å². The number of anilines is 1. The van der Waals surface area contributed by atoms with Gasteiger partial charge in [0.15, 0.2) is 0 Å². The highest BCUT2D eigenvalue weighted by Gasteiger charge is 2.21. The lowest BCUT2D eigenvalue weighted by Crippen LogP contribution is -2.22. The van der Waals surface area contributed by atoms with Gasteiger partial charge in [-0.05, 0) is 12.0 Å². The summed E-state index contributed by atoms with van der Waals surface area (Å²) in [6.45, 7) is 1.62. The molecule has 6 nitrogen and oxygen atoms in total. The fourth-order valence-corrected chi connectivity index (χ4v) is 3.06. The second-order valence-corrected chi connectivity index (χ2v) is 6.14. The highest BCUT2D eigenvalue weighted by molar-refractivity contribution is 7.92. The van der Waals surface area contributed by atoms with Crippen LogP contribution in [0, 0.1) is 21.8 Å². The zero-order valence-electron chi connectivity index (χ0n) is 9.97. The number of rotatable bonds is 6. The van der Waals surface area contributed by atoms with Crippen LogP contribution in [-0.4, -0.2) is 25.0 Å². The summed E-state index contributed by atoms with van der Waals surface area (Å²) in [6.07, 6.45) is 0. The Labute approximate surface area is 114 Å². The van der Waals surface area contributed by atoms with Crippen LogP contribution in [0.25, 0.3) is 0 Å². The van der Waals surface area contributed by atoms with E-state index in [1.807, 2.05) is 4.72 Å². The molecule has 0 aliphatic heterocycles. The molecule has 0 aliphatic rings. The van der Waals surface area contributed by atoms with Crippen LogP contribution >= 0.6 is 11.6 Å². The van der Waals surface area contributed by atoms with Crippen LogP contribution in [0.1, 0.15) is 6.92 Å². The standard InChI is InChI=1S/C10H12ClFN2O4S/c1-7(5-11)6-19(17,18)13-9-4-8(12)2-3-10(9)14(15)16/h2-4,7,13H,5-6H2,1H3. The summed E-state index contributed by atoms with van der Waals surface area (Å²) in [5.41, 5.74) is -0.907. The summed E-state index contributed by atoms with van der Waals surface area (Å²) in [4.78, 5) is 9.94. The Morgan fingerprint density at radius 2 is 2.16 bits per heavy atom. The third kappa shape index (κ3) is 4.64. The molecule has 0 amide bonds. The molecular formula is C10H12ClFN2O4S. The van der Waals surface area contributed by atoms with E-state index in [1.54, 1.807) is 6.92 Å². The highest BCUT2D eigenvalue weighted by atomic mass is 35.5. The molecule has 1 unspecified atom stereocenters. The Bertz CT molecular complexity index is 579. The highest BCUT2D eigenvalue weighted by Crippen LogP contribution is 2.26. The molecule has 0 bridgehead atoms. The summed E-state index contributed by atoms with van der Waals surface area (Å²) in [5.74, 6) is -1.27. The van der Waals surface area contributed by atoms with E-state index in [2.05, 4.69) is 0 Å². The first-order valence-corrected chi connectivity index (χ1v) is 7.44. The van der Waals surface area contributed by atoms with Crippen molar-refractivity contribution in [1.82, 2.24) is 0 Å². The van der Waals surface area contributed by atoms with E-state index < -0.39 is 32.1 Å². The van der Waals surface area contributed by atoms with Gasteiger partial charge in [-0.15, -0.1) is 11.6 Å². The minimum atomic E-state index is -3.82. The van der Waals surface area contributed by atoms with Gasteiger partial charge >= 0.3 is 0 Å². The average Bonchev–Trinajstić information content (AvgIpc) is 2.27. The summed E-state index contributed by atoms with van der Waals surface area (Å²) in [6, 6.07) is 2.55. The maximum absolute atomic E-state index is 13.0. The quantitative estimate of drug-likeness (QED) is 0.496. The smallest absolute Gasteiger partial charge is 0.277 e. The summed E-state index contributed by atoms with van der Waals surface area (Å²) in [5, 5.41) is 10.7. The minimum Gasteiger partial charge on any atom is -0.277 e. The van der Waals surface area contributed by atoms with Gasteiger partial charge in [0, 0.05) is 18.0 Å². The van der Waals surface area contributed by atoms with E-state index >= 15 is 0 Å². The number of nitrogens with zero attached hydrogens (tertiary/aromatic N) is 1. The molecule has 1 atom stereocenters.